The van der Waals surface area contributed by atoms with Crippen LogP contribution in [0.3, 0.4) is 0 Å². The number of hydrogen-bond donors (Lipinski definition) is 1. The molecule has 0 saturated carbocycles. The Hall–Kier alpha value is -0.870. The van der Waals surface area contributed by atoms with Crippen molar-refractivity contribution < 1.29 is 5.11 Å². The van der Waals surface area contributed by atoms with Gasteiger partial charge < -0.3 is 5.11 Å². The number of nitrogens with zero attached hydrogens (tertiary/aromatic N) is 2. The van der Waals surface area contributed by atoms with Gasteiger partial charge in [0.2, 0.25) is 0 Å². The van der Waals surface area contributed by atoms with Crippen LogP contribution in [0.15, 0.2) is 11.6 Å². The van der Waals surface area contributed by atoms with Crippen LogP contribution in [0.25, 0.3) is 4.96 Å². The second-order valence-corrected chi connectivity index (χ2v) is 3.26. The number of imidazole rings is 1. The summed E-state index contributed by atoms with van der Waals surface area (Å²) in [4.78, 5) is 5.20. The van der Waals surface area contributed by atoms with Crippen LogP contribution in [0.1, 0.15) is 11.4 Å². The highest BCUT2D eigenvalue weighted by atomic mass is 32.1. The standard InChI is InChI=1S/C7H8N2OS/c1-5-2-9-6(3-10)4-11-7(9)8-5/h2,4,10H,3H2,1H3. The van der Waals surface area contributed by atoms with Crippen molar-refractivity contribution in [2.24, 2.45) is 0 Å². The number of aliphatic hydroxyl groups is 1. The van der Waals surface area contributed by atoms with Crippen LogP contribution in [-0.2, 0) is 6.61 Å². The highest BCUT2D eigenvalue weighted by molar-refractivity contribution is 7.15. The number of rotatable bonds is 1. The van der Waals surface area contributed by atoms with Gasteiger partial charge in [-0.3, -0.25) is 4.40 Å². The molecule has 0 bridgehead atoms. The molecule has 0 saturated heterocycles. The third kappa shape index (κ3) is 0.948. The van der Waals surface area contributed by atoms with Gasteiger partial charge in [-0.25, -0.2) is 4.98 Å². The van der Waals surface area contributed by atoms with Crippen LogP contribution in [0, 0.1) is 6.92 Å². The Bertz CT molecular complexity index is 377. The van der Waals surface area contributed by atoms with Gasteiger partial charge in [-0.1, -0.05) is 0 Å². The van der Waals surface area contributed by atoms with Gasteiger partial charge in [0.05, 0.1) is 18.0 Å². The summed E-state index contributed by atoms with van der Waals surface area (Å²) in [6, 6.07) is 0. The van der Waals surface area contributed by atoms with Gasteiger partial charge in [0, 0.05) is 11.6 Å². The second-order valence-electron chi connectivity index (χ2n) is 2.42. The van der Waals surface area contributed by atoms with Crippen LogP contribution < -0.4 is 0 Å². The molecule has 3 nitrogen and oxygen atoms in total. The van der Waals surface area contributed by atoms with Gasteiger partial charge >= 0.3 is 0 Å². The fourth-order valence-electron chi connectivity index (χ4n) is 1.06. The summed E-state index contributed by atoms with van der Waals surface area (Å²) in [6.45, 7) is 2.02. The van der Waals surface area contributed by atoms with E-state index in [0.29, 0.717) is 0 Å². The Morgan fingerprint density at radius 1 is 1.73 bits per heavy atom. The van der Waals surface area contributed by atoms with Gasteiger partial charge in [0.25, 0.3) is 0 Å². The SMILES string of the molecule is Cc1cn2c(CO)csc2n1. The van der Waals surface area contributed by atoms with Crippen molar-refractivity contribution in [1.29, 1.82) is 0 Å². The lowest BCUT2D eigenvalue weighted by Crippen LogP contribution is -1.87. The highest BCUT2D eigenvalue weighted by Gasteiger charge is 2.03. The summed E-state index contributed by atoms with van der Waals surface area (Å²) in [5.41, 5.74) is 1.90. The summed E-state index contributed by atoms with van der Waals surface area (Å²) in [5, 5.41) is 10.8. The Labute approximate surface area is 67.9 Å². The van der Waals surface area contributed by atoms with Gasteiger partial charge in [0.1, 0.15) is 0 Å². The molecule has 58 valence electrons. The number of thiazole rings is 1. The molecule has 1 N–H and O–H groups in total. The largest absolute Gasteiger partial charge is 0.390 e. The van der Waals surface area contributed by atoms with Crippen LogP contribution >= 0.6 is 11.3 Å². The first-order chi connectivity index (χ1) is 5.31. The molecule has 0 aliphatic rings. The first-order valence-electron chi connectivity index (χ1n) is 3.34. The number of aryl methyl sites for hydroxylation is 1. The Morgan fingerprint density at radius 2 is 2.55 bits per heavy atom. The molecule has 0 aliphatic carbocycles. The minimum Gasteiger partial charge on any atom is -0.390 e. The average molecular weight is 168 g/mol. The second kappa shape index (κ2) is 2.32. The lowest BCUT2D eigenvalue weighted by Gasteiger charge is -1.88. The van der Waals surface area contributed by atoms with Crippen molar-refractivity contribution in [3.63, 3.8) is 0 Å². The minimum absolute atomic E-state index is 0.0792. The third-order valence-corrected chi connectivity index (χ3v) is 2.45. The summed E-state index contributed by atoms with van der Waals surface area (Å²) >= 11 is 1.55. The zero-order chi connectivity index (χ0) is 7.84. The predicted octanol–water partition coefficient (Wildman–Crippen LogP) is 1.20. The molecule has 0 radical (unpaired) electrons. The van der Waals surface area contributed by atoms with E-state index in [4.69, 9.17) is 5.11 Å². The van der Waals surface area contributed by atoms with Gasteiger partial charge in [0.15, 0.2) is 4.96 Å². The van der Waals surface area contributed by atoms with E-state index in [1.807, 2.05) is 22.9 Å². The van der Waals surface area contributed by atoms with E-state index in [1.165, 1.54) is 0 Å². The topological polar surface area (TPSA) is 37.5 Å². The number of hydrogen-bond acceptors (Lipinski definition) is 3. The molecule has 0 amide bonds. The Kier molecular flexibility index (Phi) is 1.44. The summed E-state index contributed by atoms with van der Waals surface area (Å²) in [6.07, 6.45) is 1.93. The molecule has 4 heteroatoms. The molecule has 2 rings (SSSR count). The number of aromatic nitrogens is 2. The van der Waals surface area contributed by atoms with E-state index >= 15 is 0 Å². The zero-order valence-electron chi connectivity index (χ0n) is 6.11. The Morgan fingerprint density at radius 3 is 3.27 bits per heavy atom. The van der Waals surface area contributed by atoms with Gasteiger partial charge in [-0.05, 0) is 6.92 Å². The van der Waals surface area contributed by atoms with Crippen LogP contribution in [0.2, 0.25) is 0 Å². The molecule has 11 heavy (non-hydrogen) atoms. The van der Waals surface area contributed by atoms with Crippen LogP contribution in [0.4, 0.5) is 0 Å². The maximum atomic E-state index is 8.89. The van der Waals surface area contributed by atoms with E-state index in [2.05, 4.69) is 4.98 Å². The van der Waals surface area contributed by atoms with Crippen molar-refractivity contribution in [3.05, 3.63) is 23.0 Å². The smallest absolute Gasteiger partial charge is 0.194 e. The molecule has 0 atom stereocenters. The lowest BCUT2D eigenvalue weighted by atomic mass is 10.5. The molecule has 0 unspecified atom stereocenters. The number of fused-ring (bicyclic) bond motifs is 1. The molecule has 2 heterocycles. The number of aliphatic hydroxyl groups excluding tert-OH is 1. The van der Waals surface area contributed by atoms with Crippen molar-refractivity contribution in [3.8, 4) is 0 Å². The van der Waals surface area contributed by atoms with Crippen LogP contribution in [-0.4, -0.2) is 14.5 Å². The molecular formula is C7H8N2OS. The molecule has 2 aromatic heterocycles. The zero-order valence-corrected chi connectivity index (χ0v) is 6.93. The first-order valence-corrected chi connectivity index (χ1v) is 4.22. The average Bonchev–Trinajstić information content (AvgIpc) is 2.45. The molecule has 2 aromatic rings. The maximum absolute atomic E-state index is 8.89. The van der Waals surface area contributed by atoms with E-state index < -0.39 is 0 Å². The fraction of sp³-hybridized carbons (Fsp3) is 0.286. The van der Waals surface area contributed by atoms with Gasteiger partial charge in [-0.15, -0.1) is 11.3 Å². The minimum atomic E-state index is 0.0792. The van der Waals surface area contributed by atoms with Gasteiger partial charge in [-0.2, -0.15) is 0 Å². The monoisotopic (exact) mass is 168 g/mol. The highest BCUT2D eigenvalue weighted by Crippen LogP contribution is 2.15. The van der Waals surface area contributed by atoms with Crippen molar-refractivity contribution >= 4 is 16.3 Å². The summed E-state index contributed by atoms with van der Waals surface area (Å²) in [7, 11) is 0. The molecule has 0 fully saturated rings. The lowest BCUT2D eigenvalue weighted by molar-refractivity contribution is 0.276. The molecule has 0 aliphatic heterocycles. The first kappa shape index (κ1) is 6.82. The molecular weight excluding hydrogens is 160 g/mol. The quantitative estimate of drug-likeness (QED) is 0.694. The Balaban J connectivity index is 2.73. The van der Waals surface area contributed by atoms with E-state index in [-0.39, 0.29) is 6.61 Å². The normalized spacial score (nSPS) is 11.1. The fourth-order valence-corrected chi connectivity index (χ4v) is 1.97. The maximum Gasteiger partial charge on any atom is 0.194 e. The van der Waals surface area contributed by atoms with E-state index in [0.717, 1.165) is 16.3 Å². The molecule has 0 aromatic carbocycles. The van der Waals surface area contributed by atoms with E-state index in [9.17, 15) is 0 Å². The van der Waals surface area contributed by atoms with E-state index in [1.54, 1.807) is 11.3 Å². The van der Waals surface area contributed by atoms with Crippen molar-refractivity contribution in [2.75, 3.05) is 0 Å². The summed E-state index contributed by atoms with van der Waals surface area (Å²) < 4.78 is 1.92. The molecule has 0 spiro atoms. The van der Waals surface area contributed by atoms with Crippen molar-refractivity contribution in [2.45, 2.75) is 13.5 Å². The summed E-state index contributed by atoms with van der Waals surface area (Å²) in [5.74, 6) is 0. The third-order valence-electron chi connectivity index (χ3n) is 1.57. The van der Waals surface area contributed by atoms with Crippen molar-refractivity contribution in [1.82, 2.24) is 9.38 Å². The predicted molar refractivity (Wildman–Crippen MR) is 43.7 cm³/mol. The van der Waals surface area contributed by atoms with Crippen LogP contribution in [0.5, 0.6) is 0 Å².